The van der Waals surface area contributed by atoms with Crippen LogP contribution in [0.2, 0.25) is 10.0 Å². The minimum absolute atomic E-state index is 0.262. The third-order valence-electron chi connectivity index (χ3n) is 3.87. The van der Waals surface area contributed by atoms with Crippen molar-refractivity contribution in [1.82, 2.24) is 10.3 Å². The van der Waals surface area contributed by atoms with Crippen molar-refractivity contribution in [3.05, 3.63) is 75.2 Å². The molecule has 5 nitrogen and oxygen atoms in total. The van der Waals surface area contributed by atoms with Gasteiger partial charge in [-0.2, -0.15) is 0 Å². The highest BCUT2D eigenvalue weighted by molar-refractivity contribution is 6.35. The number of pyridine rings is 1. The number of nitrogens with zero attached hydrogens (tertiary/aromatic N) is 2. The molecule has 7 heteroatoms. The SMILES string of the molecule is COOCC1=C(C)NC(c2ccccn2)=NC1c1ccc(Cl)cc1Cl. The van der Waals surface area contributed by atoms with E-state index in [1.807, 2.05) is 31.2 Å². The first-order valence-corrected chi connectivity index (χ1v) is 8.42. The lowest BCUT2D eigenvalue weighted by Gasteiger charge is -2.27. The number of halogens is 2. The Balaban J connectivity index is 2.06. The third kappa shape index (κ3) is 4.02. The van der Waals surface area contributed by atoms with Gasteiger partial charge in [-0.25, -0.2) is 9.78 Å². The number of aromatic nitrogens is 1. The topological polar surface area (TPSA) is 55.7 Å². The van der Waals surface area contributed by atoms with Crippen molar-refractivity contribution < 1.29 is 9.78 Å². The molecule has 0 saturated heterocycles. The average Bonchev–Trinajstić information content (AvgIpc) is 2.61. The molecular formula is C18H17Cl2N3O2. The van der Waals surface area contributed by atoms with Crippen molar-refractivity contribution in [1.29, 1.82) is 0 Å². The summed E-state index contributed by atoms with van der Waals surface area (Å²) in [5, 5.41) is 4.41. The number of amidine groups is 1. The van der Waals surface area contributed by atoms with Gasteiger partial charge in [-0.1, -0.05) is 35.3 Å². The molecule has 0 bridgehead atoms. The molecule has 2 heterocycles. The molecule has 1 N–H and O–H groups in total. The minimum atomic E-state index is -0.321. The second-order valence-corrected chi connectivity index (χ2v) is 6.31. The maximum Gasteiger partial charge on any atom is 0.152 e. The van der Waals surface area contributed by atoms with E-state index in [0.717, 1.165) is 22.5 Å². The summed E-state index contributed by atoms with van der Waals surface area (Å²) in [4.78, 5) is 19.1. The molecule has 1 aliphatic rings. The van der Waals surface area contributed by atoms with Crippen LogP contribution in [0.25, 0.3) is 0 Å². The molecule has 2 aromatic rings. The Bertz CT molecular complexity index is 822. The Labute approximate surface area is 156 Å². The zero-order valence-corrected chi connectivity index (χ0v) is 15.3. The van der Waals surface area contributed by atoms with Crippen LogP contribution >= 0.6 is 23.2 Å². The van der Waals surface area contributed by atoms with E-state index in [2.05, 4.69) is 10.3 Å². The van der Waals surface area contributed by atoms with E-state index >= 15 is 0 Å². The van der Waals surface area contributed by atoms with Crippen molar-refractivity contribution in [3.63, 3.8) is 0 Å². The molecule has 1 unspecified atom stereocenters. The fraction of sp³-hybridized carbons (Fsp3) is 0.222. The molecule has 1 aromatic heterocycles. The van der Waals surface area contributed by atoms with Gasteiger partial charge in [0.2, 0.25) is 0 Å². The van der Waals surface area contributed by atoms with E-state index in [0.29, 0.717) is 15.9 Å². The Hall–Kier alpha value is -1.92. The minimum Gasteiger partial charge on any atom is -0.342 e. The zero-order valence-electron chi connectivity index (χ0n) is 13.8. The van der Waals surface area contributed by atoms with E-state index in [9.17, 15) is 0 Å². The molecule has 0 fully saturated rings. The lowest BCUT2D eigenvalue weighted by molar-refractivity contribution is -0.265. The van der Waals surface area contributed by atoms with Gasteiger partial charge in [0.1, 0.15) is 18.3 Å². The van der Waals surface area contributed by atoms with Gasteiger partial charge in [-0.15, -0.1) is 0 Å². The second kappa shape index (κ2) is 7.97. The number of nitrogens with one attached hydrogen (secondary N) is 1. The Morgan fingerprint density at radius 2 is 2.04 bits per heavy atom. The highest BCUT2D eigenvalue weighted by Gasteiger charge is 2.27. The Morgan fingerprint density at radius 1 is 1.20 bits per heavy atom. The largest absolute Gasteiger partial charge is 0.342 e. The van der Waals surface area contributed by atoms with Crippen molar-refractivity contribution in [3.8, 4) is 0 Å². The summed E-state index contributed by atoms with van der Waals surface area (Å²) in [5.74, 6) is 0.676. The number of hydrogen-bond donors (Lipinski definition) is 1. The van der Waals surface area contributed by atoms with Gasteiger partial charge in [0.25, 0.3) is 0 Å². The highest BCUT2D eigenvalue weighted by Crippen LogP contribution is 2.36. The molecule has 1 aliphatic heterocycles. The van der Waals surface area contributed by atoms with E-state index in [1.54, 1.807) is 18.3 Å². The van der Waals surface area contributed by atoms with E-state index in [-0.39, 0.29) is 12.6 Å². The van der Waals surface area contributed by atoms with Gasteiger partial charge in [-0.05, 0) is 36.8 Å². The zero-order chi connectivity index (χ0) is 17.8. The van der Waals surface area contributed by atoms with Crippen LogP contribution in [0, 0.1) is 0 Å². The van der Waals surface area contributed by atoms with Gasteiger partial charge in [0.15, 0.2) is 5.84 Å². The predicted octanol–water partition coefficient (Wildman–Crippen LogP) is 4.33. The summed E-state index contributed by atoms with van der Waals surface area (Å²) in [6.45, 7) is 2.22. The number of aliphatic imine (C=N–C) groups is 1. The number of hydrogen-bond acceptors (Lipinski definition) is 5. The van der Waals surface area contributed by atoms with Crippen LogP contribution < -0.4 is 5.32 Å². The maximum absolute atomic E-state index is 6.42. The quantitative estimate of drug-likeness (QED) is 0.622. The van der Waals surface area contributed by atoms with Crippen LogP contribution in [0.15, 0.2) is 58.9 Å². The number of allylic oxidation sites excluding steroid dienone is 1. The second-order valence-electron chi connectivity index (χ2n) is 5.47. The highest BCUT2D eigenvalue weighted by atomic mass is 35.5. The summed E-state index contributed by atoms with van der Waals surface area (Å²) >= 11 is 12.4. The van der Waals surface area contributed by atoms with Crippen LogP contribution in [0.1, 0.15) is 24.2 Å². The van der Waals surface area contributed by atoms with Gasteiger partial charge in [0, 0.05) is 27.5 Å². The lowest BCUT2D eigenvalue weighted by atomic mass is 9.96. The van der Waals surface area contributed by atoms with Crippen LogP contribution in [0.4, 0.5) is 0 Å². The first kappa shape index (κ1) is 17.9. The standard InChI is InChI=1S/C18H17Cl2N3O2/c1-11-14(10-25-24-2)17(13-7-6-12(19)9-15(13)20)23-18(22-11)16-5-3-4-8-21-16/h3-9,17H,10H2,1-2H3,(H,22,23). The molecule has 0 spiro atoms. The normalized spacial score (nSPS) is 17.3. The molecular weight excluding hydrogens is 361 g/mol. The predicted molar refractivity (Wildman–Crippen MR) is 98.8 cm³/mol. The molecule has 0 amide bonds. The summed E-state index contributed by atoms with van der Waals surface area (Å²) in [7, 11) is 1.47. The van der Waals surface area contributed by atoms with Gasteiger partial charge < -0.3 is 5.32 Å². The Kier molecular flexibility index (Phi) is 5.71. The average molecular weight is 378 g/mol. The summed E-state index contributed by atoms with van der Waals surface area (Å²) in [5.41, 5.74) is 3.44. The summed E-state index contributed by atoms with van der Waals surface area (Å²) in [6, 6.07) is 10.7. The molecule has 0 aliphatic carbocycles. The van der Waals surface area contributed by atoms with Crippen LogP contribution in [0.3, 0.4) is 0 Å². The van der Waals surface area contributed by atoms with E-state index in [1.165, 1.54) is 7.11 Å². The number of benzene rings is 1. The maximum atomic E-state index is 6.42. The third-order valence-corrected chi connectivity index (χ3v) is 4.44. The van der Waals surface area contributed by atoms with Crippen LogP contribution in [-0.2, 0) is 9.78 Å². The summed E-state index contributed by atoms with van der Waals surface area (Å²) in [6.07, 6.45) is 1.73. The molecule has 1 atom stereocenters. The van der Waals surface area contributed by atoms with Gasteiger partial charge >= 0.3 is 0 Å². The lowest BCUT2D eigenvalue weighted by Crippen LogP contribution is -2.31. The fourth-order valence-electron chi connectivity index (χ4n) is 2.63. The van der Waals surface area contributed by atoms with E-state index in [4.69, 9.17) is 38.0 Å². The van der Waals surface area contributed by atoms with Crippen molar-refractivity contribution in [2.24, 2.45) is 4.99 Å². The van der Waals surface area contributed by atoms with Crippen molar-refractivity contribution in [2.75, 3.05) is 13.7 Å². The van der Waals surface area contributed by atoms with E-state index < -0.39 is 0 Å². The van der Waals surface area contributed by atoms with Crippen LogP contribution in [-0.4, -0.2) is 24.5 Å². The van der Waals surface area contributed by atoms with Gasteiger partial charge in [0.05, 0.1) is 7.11 Å². The Morgan fingerprint density at radius 3 is 2.72 bits per heavy atom. The fourth-order valence-corrected chi connectivity index (χ4v) is 3.14. The molecule has 0 radical (unpaired) electrons. The first-order valence-electron chi connectivity index (χ1n) is 7.66. The number of rotatable bonds is 5. The first-order chi connectivity index (χ1) is 12.1. The summed E-state index contributed by atoms with van der Waals surface area (Å²) < 4.78 is 0. The van der Waals surface area contributed by atoms with Crippen LogP contribution in [0.5, 0.6) is 0 Å². The smallest absolute Gasteiger partial charge is 0.152 e. The molecule has 130 valence electrons. The molecule has 1 aromatic carbocycles. The van der Waals surface area contributed by atoms with Crippen molar-refractivity contribution >= 4 is 29.0 Å². The van der Waals surface area contributed by atoms with Gasteiger partial charge in [-0.3, -0.25) is 9.98 Å². The monoisotopic (exact) mass is 377 g/mol. The molecule has 0 saturated carbocycles. The molecule has 25 heavy (non-hydrogen) atoms. The molecule has 3 rings (SSSR count). The van der Waals surface area contributed by atoms with Crippen molar-refractivity contribution in [2.45, 2.75) is 13.0 Å².